The second-order valence-electron chi connectivity index (χ2n) is 8.27. The molecule has 2 aliphatic heterocycles. The number of halogens is 1. The quantitative estimate of drug-likeness (QED) is 0.724. The van der Waals surface area contributed by atoms with Crippen LogP contribution in [0.25, 0.3) is 10.9 Å². The highest BCUT2D eigenvalue weighted by molar-refractivity contribution is 5.89. The number of aromatic nitrogens is 1. The molecule has 3 aromatic rings. The van der Waals surface area contributed by atoms with Crippen molar-refractivity contribution < 1.29 is 14.0 Å². The SMILES string of the molecule is O=C1C[C@@H](C(=O)N2CCc3ccccc3C2)CN1CCc1c[nH]c2ccc(F)cc12. The van der Waals surface area contributed by atoms with Gasteiger partial charge in [0.25, 0.3) is 0 Å². The van der Waals surface area contributed by atoms with Gasteiger partial charge < -0.3 is 14.8 Å². The van der Waals surface area contributed by atoms with Gasteiger partial charge >= 0.3 is 0 Å². The van der Waals surface area contributed by atoms with Crippen LogP contribution in [-0.4, -0.2) is 46.2 Å². The van der Waals surface area contributed by atoms with E-state index in [-0.39, 0.29) is 30.0 Å². The maximum absolute atomic E-state index is 13.6. The van der Waals surface area contributed by atoms with Crippen molar-refractivity contribution in [3.05, 3.63) is 71.2 Å². The number of nitrogens with one attached hydrogen (secondary N) is 1. The molecule has 2 aromatic carbocycles. The van der Waals surface area contributed by atoms with Gasteiger partial charge in [-0.15, -0.1) is 0 Å². The van der Waals surface area contributed by atoms with Crippen molar-refractivity contribution >= 4 is 22.7 Å². The Morgan fingerprint density at radius 3 is 2.87 bits per heavy atom. The maximum Gasteiger partial charge on any atom is 0.228 e. The standard InChI is InChI=1S/C24H24FN3O2/c25-20-5-6-22-21(12-20)17(13-26-22)8-9-27-15-19(11-23(27)29)24(30)28-10-7-16-3-1-2-4-18(16)14-28/h1-6,12-13,19,26H,7-11,14-15H2/t19-/m1/s1. The highest BCUT2D eigenvalue weighted by Gasteiger charge is 2.37. The number of benzene rings is 2. The Morgan fingerprint density at radius 1 is 1.17 bits per heavy atom. The molecule has 1 saturated heterocycles. The maximum atomic E-state index is 13.6. The Morgan fingerprint density at radius 2 is 2.00 bits per heavy atom. The number of amides is 2. The van der Waals surface area contributed by atoms with Crippen molar-refractivity contribution in [2.24, 2.45) is 5.92 Å². The minimum absolute atomic E-state index is 0.0248. The van der Waals surface area contributed by atoms with Crippen LogP contribution in [0.15, 0.2) is 48.7 Å². The van der Waals surface area contributed by atoms with Gasteiger partial charge in [-0.2, -0.15) is 0 Å². The zero-order valence-electron chi connectivity index (χ0n) is 16.7. The topological polar surface area (TPSA) is 56.4 Å². The highest BCUT2D eigenvalue weighted by Crippen LogP contribution is 2.26. The van der Waals surface area contributed by atoms with Crippen LogP contribution in [0, 0.1) is 11.7 Å². The lowest BCUT2D eigenvalue weighted by atomic mass is 9.98. The molecule has 0 radical (unpaired) electrons. The second kappa shape index (κ2) is 7.59. The average Bonchev–Trinajstić information content (AvgIpc) is 3.34. The summed E-state index contributed by atoms with van der Waals surface area (Å²) in [5.41, 5.74) is 4.38. The molecule has 6 heteroatoms. The third-order valence-corrected chi connectivity index (χ3v) is 6.39. The Bertz CT molecular complexity index is 1120. The summed E-state index contributed by atoms with van der Waals surface area (Å²) in [7, 11) is 0. The molecule has 1 aromatic heterocycles. The smallest absolute Gasteiger partial charge is 0.228 e. The number of aromatic amines is 1. The Balaban J connectivity index is 1.22. The van der Waals surface area contributed by atoms with Crippen molar-refractivity contribution in [3.8, 4) is 0 Å². The first-order valence-electron chi connectivity index (χ1n) is 10.5. The molecule has 2 amide bonds. The van der Waals surface area contributed by atoms with E-state index in [1.165, 1.54) is 23.3 Å². The number of fused-ring (bicyclic) bond motifs is 2. The molecule has 2 aliphatic rings. The zero-order valence-corrected chi connectivity index (χ0v) is 16.7. The molecule has 30 heavy (non-hydrogen) atoms. The van der Waals surface area contributed by atoms with Crippen LogP contribution in [0.2, 0.25) is 0 Å². The van der Waals surface area contributed by atoms with Crippen molar-refractivity contribution in [2.45, 2.75) is 25.8 Å². The highest BCUT2D eigenvalue weighted by atomic mass is 19.1. The summed E-state index contributed by atoms with van der Waals surface area (Å²) in [5, 5.41) is 0.848. The molecule has 154 valence electrons. The fourth-order valence-electron chi connectivity index (χ4n) is 4.71. The van der Waals surface area contributed by atoms with Crippen LogP contribution in [0.1, 0.15) is 23.1 Å². The molecular formula is C24H24FN3O2. The van der Waals surface area contributed by atoms with E-state index in [9.17, 15) is 14.0 Å². The summed E-state index contributed by atoms with van der Waals surface area (Å²) in [6.45, 7) is 2.34. The van der Waals surface area contributed by atoms with Crippen LogP contribution in [-0.2, 0) is 29.0 Å². The summed E-state index contributed by atoms with van der Waals surface area (Å²) in [6, 6.07) is 12.9. The van der Waals surface area contributed by atoms with Crippen LogP contribution >= 0.6 is 0 Å². The van der Waals surface area contributed by atoms with Crippen molar-refractivity contribution in [2.75, 3.05) is 19.6 Å². The largest absolute Gasteiger partial charge is 0.361 e. The van der Waals surface area contributed by atoms with E-state index in [4.69, 9.17) is 0 Å². The molecule has 5 nitrogen and oxygen atoms in total. The molecule has 0 saturated carbocycles. The summed E-state index contributed by atoms with van der Waals surface area (Å²) < 4.78 is 13.6. The molecule has 0 bridgehead atoms. The van der Waals surface area contributed by atoms with Gasteiger partial charge in [0.1, 0.15) is 5.82 Å². The van der Waals surface area contributed by atoms with E-state index >= 15 is 0 Å². The van der Waals surface area contributed by atoms with Gasteiger partial charge in [0, 0.05) is 49.7 Å². The molecule has 3 heterocycles. The minimum atomic E-state index is -0.275. The third kappa shape index (κ3) is 3.47. The van der Waals surface area contributed by atoms with Crippen molar-refractivity contribution in [1.82, 2.24) is 14.8 Å². The van der Waals surface area contributed by atoms with E-state index in [2.05, 4.69) is 17.1 Å². The number of hydrogen-bond donors (Lipinski definition) is 1. The van der Waals surface area contributed by atoms with Gasteiger partial charge in [-0.3, -0.25) is 9.59 Å². The Hall–Kier alpha value is -3.15. The van der Waals surface area contributed by atoms with Gasteiger partial charge in [-0.05, 0) is 47.7 Å². The number of hydrogen-bond acceptors (Lipinski definition) is 2. The lowest BCUT2D eigenvalue weighted by Crippen LogP contribution is -2.40. The monoisotopic (exact) mass is 405 g/mol. The first-order chi connectivity index (χ1) is 14.6. The molecular weight excluding hydrogens is 381 g/mol. The molecule has 1 N–H and O–H groups in total. The number of nitrogens with zero attached hydrogens (tertiary/aromatic N) is 2. The normalized spacial score (nSPS) is 18.8. The number of H-pyrrole nitrogens is 1. The van der Waals surface area contributed by atoms with Crippen LogP contribution < -0.4 is 0 Å². The number of rotatable bonds is 4. The van der Waals surface area contributed by atoms with E-state index in [1.807, 2.05) is 23.2 Å². The first-order valence-corrected chi connectivity index (χ1v) is 10.5. The van der Waals surface area contributed by atoms with Gasteiger partial charge in [0.15, 0.2) is 0 Å². The fraction of sp³-hybridized carbons (Fsp3) is 0.333. The van der Waals surface area contributed by atoms with Crippen LogP contribution in [0.3, 0.4) is 0 Å². The lowest BCUT2D eigenvalue weighted by Gasteiger charge is -2.30. The van der Waals surface area contributed by atoms with E-state index in [1.54, 1.807) is 11.0 Å². The van der Waals surface area contributed by atoms with E-state index < -0.39 is 0 Å². The van der Waals surface area contributed by atoms with Crippen molar-refractivity contribution in [3.63, 3.8) is 0 Å². The van der Waals surface area contributed by atoms with Crippen LogP contribution in [0.5, 0.6) is 0 Å². The summed E-state index contributed by atoms with van der Waals surface area (Å²) in [6.07, 6.45) is 3.65. The van der Waals surface area contributed by atoms with Crippen LogP contribution in [0.4, 0.5) is 4.39 Å². The average molecular weight is 405 g/mol. The van der Waals surface area contributed by atoms with E-state index in [0.717, 1.165) is 22.9 Å². The summed E-state index contributed by atoms with van der Waals surface area (Å²) in [5.74, 6) is -0.441. The molecule has 0 unspecified atom stereocenters. The van der Waals surface area contributed by atoms with Crippen molar-refractivity contribution in [1.29, 1.82) is 0 Å². The molecule has 5 rings (SSSR count). The summed E-state index contributed by atoms with van der Waals surface area (Å²) in [4.78, 5) is 32.4. The van der Waals surface area contributed by atoms with E-state index in [0.29, 0.717) is 32.6 Å². The van der Waals surface area contributed by atoms with Gasteiger partial charge in [0.2, 0.25) is 11.8 Å². The van der Waals surface area contributed by atoms with Gasteiger partial charge in [-0.25, -0.2) is 4.39 Å². The predicted molar refractivity (Wildman–Crippen MR) is 112 cm³/mol. The minimum Gasteiger partial charge on any atom is -0.361 e. The molecule has 0 aliphatic carbocycles. The number of likely N-dealkylation sites (tertiary alicyclic amines) is 1. The summed E-state index contributed by atoms with van der Waals surface area (Å²) >= 11 is 0. The lowest BCUT2D eigenvalue weighted by molar-refractivity contribution is -0.136. The zero-order chi connectivity index (χ0) is 20.7. The fourth-order valence-corrected chi connectivity index (χ4v) is 4.71. The first kappa shape index (κ1) is 18.9. The molecule has 1 fully saturated rings. The molecule has 0 spiro atoms. The number of carbonyl (C=O) groups is 2. The van der Waals surface area contributed by atoms with Gasteiger partial charge in [-0.1, -0.05) is 24.3 Å². The number of carbonyl (C=O) groups excluding carboxylic acids is 2. The third-order valence-electron chi connectivity index (χ3n) is 6.39. The molecule has 1 atom stereocenters. The Labute approximate surface area is 174 Å². The Kier molecular flexibility index (Phi) is 4.77. The predicted octanol–water partition coefficient (Wildman–Crippen LogP) is 3.28. The second-order valence-corrected chi connectivity index (χ2v) is 8.27. The van der Waals surface area contributed by atoms with Gasteiger partial charge in [0.05, 0.1) is 5.92 Å².